The lowest BCUT2D eigenvalue weighted by Gasteiger charge is -2.23. The van der Waals surface area contributed by atoms with Gasteiger partial charge in [-0.2, -0.15) is 0 Å². The van der Waals surface area contributed by atoms with Crippen molar-refractivity contribution in [2.24, 2.45) is 5.92 Å². The Kier molecular flexibility index (Phi) is 8.85. The number of rotatable bonds is 8. The van der Waals surface area contributed by atoms with Crippen molar-refractivity contribution in [3.05, 3.63) is 33.2 Å². The van der Waals surface area contributed by atoms with E-state index in [9.17, 15) is 22.8 Å². The van der Waals surface area contributed by atoms with Crippen molar-refractivity contribution >= 4 is 21.7 Å². The lowest BCUT2D eigenvalue weighted by atomic mass is 9.95. The van der Waals surface area contributed by atoms with Crippen molar-refractivity contribution < 1.29 is 22.7 Å². The Bertz CT molecular complexity index is 965. The summed E-state index contributed by atoms with van der Waals surface area (Å²) in [6, 6.07) is 0.789. The molecule has 0 aliphatic heterocycles. The highest BCUT2D eigenvalue weighted by atomic mass is 32.2. The van der Waals surface area contributed by atoms with Crippen LogP contribution in [0.3, 0.4) is 0 Å². The van der Waals surface area contributed by atoms with Crippen LogP contribution in [0, 0.1) is 5.92 Å². The van der Waals surface area contributed by atoms with E-state index in [0.717, 1.165) is 49.8 Å². The van der Waals surface area contributed by atoms with E-state index >= 15 is 0 Å². The van der Waals surface area contributed by atoms with Gasteiger partial charge in [-0.05, 0) is 49.7 Å². The summed E-state index contributed by atoms with van der Waals surface area (Å²) < 4.78 is 29.5. The Morgan fingerprint density at radius 2 is 1.81 bits per heavy atom. The highest BCUT2D eigenvalue weighted by Gasteiger charge is 2.28. The molecule has 1 aromatic rings. The first kappa shape index (κ1) is 25.1. The van der Waals surface area contributed by atoms with Gasteiger partial charge in [-0.25, -0.2) is 13.2 Å². The van der Waals surface area contributed by atoms with Gasteiger partial charge in [0.25, 0.3) is 11.5 Å². The van der Waals surface area contributed by atoms with Crippen LogP contribution in [0.5, 0.6) is 0 Å². The normalized spacial score (nSPS) is 15.5. The van der Waals surface area contributed by atoms with Crippen LogP contribution in [0.15, 0.2) is 10.9 Å². The first-order valence-corrected chi connectivity index (χ1v) is 12.9. The van der Waals surface area contributed by atoms with Gasteiger partial charge < -0.3 is 14.6 Å². The minimum absolute atomic E-state index is 0.0202. The Morgan fingerprint density at radius 3 is 2.39 bits per heavy atom. The molecule has 1 atom stereocenters. The molecule has 174 valence electrons. The van der Waals surface area contributed by atoms with Gasteiger partial charge in [0.1, 0.15) is 21.4 Å². The van der Waals surface area contributed by atoms with E-state index in [1.165, 1.54) is 13.4 Å². The van der Waals surface area contributed by atoms with Crippen LogP contribution in [-0.2, 0) is 38.8 Å². The molecule has 1 N–H and O–H groups in total. The monoisotopic (exact) mass is 454 g/mol. The molecule has 2 rings (SSSR count). The fourth-order valence-corrected chi connectivity index (χ4v) is 4.62. The van der Waals surface area contributed by atoms with E-state index in [4.69, 9.17) is 4.74 Å². The molecule has 1 unspecified atom stereocenters. The van der Waals surface area contributed by atoms with Crippen LogP contribution in [0.2, 0.25) is 0 Å². The fourth-order valence-electron chi connectivity index (χ4n) is 3.96. The molecule has 1 aromatic heterocycles. The molecule has 1 aliphatic rings. The first-order valence-electron chi connectivity index (χ1n) is 10.9. The van der Waals surface area contributed by atoms with Crippen molar-refractivity contribution in [3.63, 3.8) is 0 Å². The number of ether oxygens (including phenoxy) is 1. The van der Waals surface area contributed by atoms with Crippen LogP contribution in [0.1, 0.15) is 67.6 Å². The van der Waals surface area contributed by atoms with E-state index in [1.54, 1.807) is 24.5 Å². The van der Waals surface area contributed by atoms with E-state index in [-0.39, 0.29) is 23.8 Å². The number of amides is 1. The Labute approximate surface area is 184 Å². The van der Waals surface area contributed by atoms with Gasteiger partial charge in [-0.15, -0.1) is 0 Å². The number of nitrogens with zero attached hydrogens (tertiary/aromatic N) is 1. The zero-order valence-corrected chi connectivity index (χ0v) is 19.7. The summed E-state index contributed by atoms with van der Waals surface area (Å²) >= 11 is 0. The molecule has 0 fully saturated rings. The fraction of sp³-hybridized carbons (Fsp3) is 0.682. The number of hydrogen-bond donors (Lipinski definition) is 1. The SMILES string of the molecule is COC(=O)C(NC(=O)c1cc2c(n(CCCS(C)(=O)=O)c1=O)CCCCCC2)C(C)C. The molecule has 0 aromatic carbocycles. The summed E-state index contributed by atoms with van der Waals surface area (Å²) in [6.45, 7) is 3.80. The minimum Gasteiger partial charge on any atom is -0.467 e. The zero-order chi connectivity index (χ0) is 23.2. The molecule has 0 spiro atoms. The zero-order valence-electron chi connectivity index (χ0n) is 18.9. The summed E-state index contributed by atoms with van der Waals surface area (Å²) in [4.78, 5) is 38.3. The van der Waals surface area contributed by atoms with Crippen LogP contribution < -0.4 is 10.9 Å². The van der Waals surface area contributed by atoms with Crippen molar-refractivity contribution in [1.29, 1.82) is 0 Å². The van der Waals surface area contributed by atoms with E-state index < -0.39 is 33.3 Å². The van der Waals surface area contributed by atoms with Gasteiger partial charge in [0.15, 0.2) is 0 Å². The average molecular weight is 455 g/mol. The second-order valence-corrected chi connectivity index (χ2v) is 10.9. The number of nitrogens with one attached hydrogen (secondary N) is 1. The van der Waals surface area contributed by atoms with Gasteiger partial charge >= 0.3 is 5.97 Å². The van der Waals surface area contributed by atoms with Crippen molar-refractivity contribution in [3.8, 4) is 0 Å². The Hall–Kier alpha value is -2.16. The molecular weight excluding hydrogens is 420 g/mol. The van der Waals surface area contributed by atoms with Gasteiger partial charge in [-0.3, -0.25) is 9.59 Å². The number of fused-ring (bicyclic) bond motifs is 1. The number of sulfone groups is 1. The molecule has 1 amide bonds. The molecule has 31 heavy (non-hydrogen) atoms. The molecule has 0 bridgehead atoms. The van der Waals surface area contributed by atoms with Crippen LogP contribution in [-0.4, -0.2) is 50.0 Å². The molecule has 1 aliphatic carbocycles. The molecule has 9 heteroatoms. The van der Waals surface area contributed by atoms with Gasteiger partial charge in [-0.1, -0.05) is 26.7 Å². The topological polar surface area (TPSA) is 112 Å². The van der Waals surface area contributed by atoms with Crippen LogP contribution in [0.25, 0.3) is 0 Å². The maximum Gasteiger partial charge on any atom is 0.328 e. The molecule has 0 saturated carbocycles. The number of aryl methyl sites for hydroxylation is 1. The summed E-state index contributed by atoms with van der Waals surface area (Å²) in [6.07, 6.45) is 7.03. The maximum atomic E-state index is 13.3. The Balaban J connectivity index is 2.45. The number of carbonyl (C=O) groups excluding carboxylic acids is 2. The molecular formula is C22H34N2O6S. The first-order chi connectivity index (χ1) is 14.5. The number of methoxy groups -OCH3 is 1. The summed E-state index contributed by atoms with van der Waals surface area (Å²) in [7, 11) is -1.90. The second kappa shape index (κ2) is 10.9. The highest BCUT2D eigenvalue weighted by molar-refractivity contribution is 7.90. The third kappa shape index (κ3) is 6.92. The third-order valence-corrected chi connectivity index (χ3v) is 6.68. The number of esters is 1. The quantitative estimate of drug-likeness (QED) is 0.600. The standard InChI is InChI=1S/C22H34N2O6S/c1-15(2)19(22(27)30-3)23-20(25)17-14-16-10-7-5-6-8-11-18(16)24(21(17)26)12-9-13-31(4,28)29/h14-15,19H,5-13H2,1-4H3,(H,23,25). The number of aromatic nitrogens is 1. The van der Waals surface area contributed by atoms with Gasteiger partial charge in [0, 0.05) is 18.5 Å². The number of carbonyl (C=O) groups is 2. The lowest BCUT2D eigenvalue weighted by Crippen LogP contribution is -2.47. The van der Waals surface area contributed by atoms with Gasteiger partial charge in [0.05, 0.1) is 12.9 Å². The summed E-state index contributed by atoms with van der Waals surface area (Å²) in [5, 5.41) is 2.64. The lowest BCUT2D eigenvalue weighted by molar-refractivity contribution is -0.144. The minimum atomic E-state index is -3.15. The van der Waals surface area contributed by atoms with Crippen molar-refractivity contribution in [2.45, 2.75) is 71.4 Å². The molecule has 0 radical (unpaired) electrons. The Morgan fingerprint density at radius 1 is 1.16 bits per heavy atom. The average Bonchev–Trinajstić information content (AvgIpc) is 2.66. The highest BCUT2D eigenvalue weighted by Crippen LogP contribution is 2.21. The third-order valence-electron chi connectivity index (χ3n) is 5.65. The van der Waals surface area contributed by atoms with E-state index in [0.29, 0.717) is 6.42 Å². The van der Waals surface area contributed by atoms with Crippen LogP contribution in [0.4, 0.5) is 0 Å². The van der Waals surface area contributed by atoms with Crippen LogP contribution >= 0.6 is 0 Å². The van der Waals surface area contributed by atoms with Gasteiger partial charge in [0.2, 0.25) is 0 Å². The predicted octanol–water partition coefficient (Wildman–Crippen LogP) is 1.87. The predicted molar refractivity (Wildman–Crippen MR) is 119 cm³/mol. The van der Waals surface area contributed by atoms with Crippen molar-refractivity contribution in [1.82, 2.24) is 9.88 Å². The van der Waals surface area contributed by atoms with E-state index in [1.807, 2.05) is 0 Å². The smallest absolute Gasteiger partial charge is 0.328 e. The molecule has 1 heterocycles. The largest absolute Gasteiger partial charge is 0.467 e. The summed E-state index contributed by atoms with van der Waals surface area (Å²) in [5.41, 5.74) is 1.37. The number of pyridine rings is 1. The maximum absolute atomic E-state index is 13.3. The summed E-state index contributed by atoms with van der Waals surface area (Å²) in [5.74, 6) is -1.42. The van der Waals surface area contributed by atoms with Crippen molar-refractivity contribution in [2.75, 3.05) is 19.1 Å². The molecule has 8 nitrogen and oxygen atoms in total. The molecule has 0 saturated heterocycles. The second-order valence-electron chi connectivity index (χ2n) is 8.60. The van der Waals surface area contributed by atoms with E-state index in [2.05, 4.69) is 5.32 Å². The number of hydrogen-bond acceptors (Lipinski definition) is 6.